The van der Waals surface area contributed by atoms with E-state index in [1.807, 2.05) is 0 Å². The summed E-state index contributed by atoms with van der Waals surface area (Å²) in [7, 11) is 0. The molecule has 1 atom stereocenters. The second kappa shape index (κ2) is 3.20. The minimum atomic E-state index is 0.00231. The van der Waals surface area contributed by atoms with E-state index in [2.05, 4.69) is 6.58 Å². The van der Waals surface area contributed by atoms with Crippen molar-refractivity contribution in [3.8, 4) is 0 Å². The van der Waals surface area contributed by atoms with Crippen LogP contribution in [0.2, 0.25) is 0 Å². The van der Waals surface area contributed by atoms with Crippen molar-refractivity contribution < 1.29 is 9.53 Å². The van der Waals surface area contributed by atoms with Crippen molar-refractivity contribution >= 4 is 5.78 Å². The molecule has 1 aliphatic heterocycles. The largest absolute Gasteiger partial charge is 0.500 e. The molecule has 0 radical (unpaired) electrons. The van der Waals surface area contributed by atoms with E-state index in [-0.39, 0.29) is 11.7 Å². The van der Waals surface area contributed by atoms with Crippen LogP contribution in [0.5, 0.6) is 0 Å². The highest BCUT2D eigenvalue weighted by atomic mass is 16.5. The van der Waals surface area contributed by atoms with Gasteiger partial charge >= 0.3 is 0 Å². The Hall–Kier alpha value is -1.05. The Labute approximate surface area is 60.2 Å². The molecule has 0 fully saturated rings. The highest BCUT2D eigenvalue weighted by molar-refractivity contribution is 5.92. The third-order valence-corrected chi connectivity index (χ3v) is 1.48. The average Bonchev–Trinajstić information content (AvgIpc) is 1.94. The summed E-state index contributed by atoms with van der Waals surface area (Å²) in [5.41, 5.74) is 0. The Bertz CT molecular complexity index is 170. The van der Waals surface area contributed by atoms with Crippen molar-refractivity contribution in [3.63, 3.8) is 0 Å². The van der Waals surface area contributed by atoms with E-state index in [9.17, 15) is 4.79 Å². The van der Waals surface area contributed by atoms with Gasteiger partial charge in [0.15, 0.2) is 5.78 Å². The SMILES string of the molecule is C=CCC1COC=CC1=O. The number of ketones is 1. The van der Waals surface area contributed by atoms with Gasteiger partial charge in [-0.2, -0.15) is 0 Å². The quantitative estimate of drug-likeness (QED) is 0.537. The lowest BCUT2D eigenvalue weighted by Crippen LogP contribution is -2.20. The van der Waals surface area contributed by atoms with Crippen LogP contribution >= 0.6 is 0 Å². The van der Waals surface area contributed by atoms with E-state index in [1.165, 1.54) is 12.3 Å². The van der Waals surface area contributed by atoms with E-state index in [0.717, 1.165) is 0 Å². The van der Waals surface area contributed by atoms with Crippen LogP contribution < -0.4 is 0 Å². The summed E-state index contributed by atoms with van der Waals surface area (Å²) in [6, 6.07) is 0. The Morgan fingerprint density at radius 1 is 1.90 bits per heavy atom. The Morgan fingerprint density at radius 3 is 3.30 bits per heavy atom. The third-order valence-electron chi connectivity index (χ3n) is 1.48. The molecule has 0 aromatic rings. The Balaban J connectivity index is 2.52. The molecule has 1 aliphatic rings. The lowest BCUT2D eigenvalue weighted by molar-refractivity contribution is -0.120. The fraction of sp³-hybridized carbons (Fsp3) is 0.375. The molecule has 0 bridgehead atoms. The predicted octanol–water partition coefficient (Wildman–Crippen LogP) is 1.29. The number of allylic oxidation sites excluding steroid dienone is 2. The average molecular weight is 138 g/mol. The predicted molar refractivity (Wildman–Crippen MR) is 38.4 cm³/mol. The molecule has 2 nitrogen and oxygen atoms in total. The van der Waals surface area contributed by atoms with Gasteiger partial charge in [0.05, 0.1) is 18.8 Å². The molecule has 10 heavy (non-hydrogen) atoms. The fourth-order valence-electron chi connectivity index (χ4n) is 0.890. The normalized spacial score (nSPS) is 24.0. The van der Waals surface area contributed by atoms with Crippen LogP contribution in [0, 0.1) is 5.92 Å². The second-order valence-electron chi connectivity index (χ2n) is 2.26. The topological polar surface area (TPSA) is 26.3 Å². The fourth-order valence-corrected chi connectivity index (χ4v) is 0.890. The molecule has 0 saturated heterocycles. The third kappa shape index (κ3) is 1.47. The van der Waals surface area contributed by atoms with Gasteiger partial charge in [0, 0.05) is 6.08 Å². The van der Waals surface area contributed by atoms with Gasteiger partial charge in [-0.25, -0.2) is 0 Å². The molecule has 1 rings (SSSR count). The zero-order chi connectivity index (χ0) is 7.40. The van der Waals surface area contributed by atoms with Gasteiger partial charge in [0.1, 0.15) is 0 Å². The van der Waals surface area contributed by atoms with Crippen molar-refractivity contribution in [1.29, 1.82) is 0 Å². The number of hydrogen-bond donors (Lipinski definition) is 0. The zero-order valence-electron chi connectivity index (χ0n) is 5.75. The van der Waals surface area contributed by atoms with Gasteiger partial charge in [-0.3, -0.25) is 4.79 Å². The number of hydrogen-bond acceptors (Lipinski definition) is 2. The maximum Gasteiger partial charge on any atom is 0.165 e. The van der Waals surface area contributed by atoms with Crippen LogP contribution in [0.4, 0.5) is 0 Å². The van der Waals surface area contributed by atoms with Gasteiger partial charge in [-0.15, -0.1) is 6.58 Å². The van der Waals surface area contributed by atoms with Crippen LogP contribution in [0.3, 0.4) is 0 Å². The lowest BCUT2D eigenvalue weighted by Gasteiger charge is -2.14. The first-order valence-electron chi connectivity index (χ1n) is 3.27. The molecular formula is C8H10O2. The maximum atomic E-state index is 11.0. The Kier molecular flexibility index (Phi) is 2.26. The summed E-state index contributed by atoms with van der Waals surface area (Å²) in [6.07, 6.45) is 5.37. The Morgan fingerprint density at radius 2 is 2.70 bits per heavy atom. The summed E-state index contributed by atoms with van der Waals surface area (Å²) in [6.45, 7) is 4.06. The first kappa shape index (κ1) is 7.06. The number of rotatable bonds is 2. The first-order chi connectivity index (χ1) is 4.84. The van der Waals surface area contributed by atoms with Gasteiger partial charge in [0.25, 0.3) is 0 Å². The van der Waals surface area contributed by atoms with Crippen LogP contribution in [-0.4, -0.2) is 12.4 Å². The number of carbonyl (C=O) groups excluding carboxylic acids is 1. The van der Waals surface area contributed by atoms with E-state index >= 15 is 0 Å². The smallest absolute Gasteiger partial charge is 0.165 e. The van der Waals surface area contributed by atoms with Crippen molar-refractivity contribution in [2.24, 2.45) is 5.92 Å². The molecular weight excluding hydrogens is 128 g/mol. The summed E-state index contributed by atoms with van der Waals surface area (Å²) >= 11 is 0. The maximum absolute atomic E-state index is 11.0. The van der Waals surface area contributed by atoms with Crippen LogP contribution in [0.25, 0.3) is 0 Å². The number of carbonyl (C=O) groups is 1. The summed E-state index contributed by atoms with van der Waals surface area (Å²) < 4.78 is 4.96. The van der Waals surface area contributed by atoms with E-state index in [0.29, 0.717) is 13.0 Å². The molecule has 1 unspecified atom stereocenters. The van der Waals surface area contributed by atoms with Gasteiger partial charge in [-0.05, 0) is 6.42 Å². The molecule has 0 spiro atoms. The van der Waals surface area contributed by atoms with Crippen LogP contribution in [0.15, 0.2) is 25.0 Å². The van der Waals surface area contributed by atoms with E-state index in [4.69, 9.17) is 4.74 Å². The first-order valence-corrected chi connectivity index (χ1v) is 3.27. The van der Waals surface area contributed by atoms with Crippen molar-refractivity contribution in [2.45, 2.75) is 6.42 Å². The van der Waals surface area contributed by atoms with Crippen molar-refractivity contribution in [2.75, 3.05) is 6.61 Å². The minimum absolute atomic E-state index is 0.00231. The van der Waals surface area contributed by atoms with Gasteiger partial charge in [-0.1, -0.05) is 6.08 Å². The lowest BCUT2D eigenvalue weighted by atomic mass is 10.0. The standard InChI is InChI=1S/C8H10O2/c1-2-3-7-6-10-5-4-8(7)9/h2,4-5,7H,1,3,6H2. The molecule has 0 aliphatic carbocycles. The second-order valence-corrected chi connectivity index (χ2v) is 2.26. The molecule has 1 heterocycles. The highest BCUT2D eigenvalue weighted by Gasteiger charge is 2.17. The molecule has 0 aromatic carbocycles. The number of ether oxygens (including phenoxy) is 1. The van der Waals surface area contributed by atoms with Crippen LogP contribution in [0.1, 0.15) is 6.42 Å². The van der Waals surface area contributed by atoms with Crippen molar-refractivity contribution in [1.82, 2.24) is 0 Å². The van der Waals surface area contributed by atoms with Gasteiger partial charge < -0.3 is 4.74 Å². The molecule has 2 heteroatoms. The zero-order valence-corrected chi connectivity index (χ0v) is 5.75. The monoisotopic (exact) mass is 138 g/mol. The molecule has 0 amide bonds. The summed E-state index contributed by atoms with van der Waals surface area (Å²) in [5.74, 6) is 0.147. The van der Waals surface area contributed by atoms with E-state index in [1.54, 1.807) is 6.08 Å². The molecule has 0 aromatic heterocycles. The van der Waals surface area contributed by atoms with Crippen LogP contribution in [-0.2, 0) is 9.53 Å². The van der Waals surface area contributed by atoms with Gasteiger partial charge in [0.2, 0.25) is 0 Å². The molecule has 0 N–H and O–H groups in total. The van der Waals surface area contributed by atoms with Crippen molar-refractivity contribution in [3.05, 3.63) is 25.0 Å². The summed E-state index contributed by atoms with van der Waals surface area (Å²) in [5, 5.41) is 0. The molecule has 54 valence electrons. The molecule has 0 saturated carbocycles. The van der Waals surface area contributed by atoms with E-state index < -0.39 is 0 Å². The highest BCUT2D eigenvalue weighted by Crippen LogP contribution is 2.11. The summed E-state index contributed by atoms with van der Waals surface area (Å²) in [4.78, 5) is 11.0. The minimum Gasteiger partial charge on any atom is -0.500 e.